The van der Waals surface area contributed by atoms with E-state index in [0.29, 0.717) is 35.9 Å². The molecule has 0 unspecified atom stereocenters. The van der Waals surface area contributed by atoms with Gasteiger partial charge in [0, 0.05) is 33.2 Å². The number of nitrogen functional groups attached to an aromatic ring is 1. The normalized spacial score (nSPS) is 16.0. The van der Waals surface area contributed by atoms with Crippen LogP contribution in [0, 0.1) is 0 Å². The Hall–Kier alpha value is -2.14. The molecule has 1 aliphatic heterocycles. The molecule has 1 fully saturated rings. The topological polar surface area (TPSA) is 110 Å². The summed E-state index contributed by atoms with van der Waals surface area (Å²) in [6.45, 7) is 1.31. The molecular formula is C16H17Cl2N7O2S. The summed E-state index contributed by atoms with van der Waals surface area (Å²) in [4.78, 5) is 10.7. The van der Waals surface area contributed by atoms with Gasteiger partial charge in [-0.3, -0.25) is 4.68 Å². The second-order valence-corrected chi connectivity index (χ2v) is 9.05. The third kappa shape index (κ3) is 3.16. The first-order chi connectivity index (χ1) is 13.3. The maximum absolute atomic E-state index is 13.0. The van der Waals surface area contributed by atoms with Gasteiger partial charge in [-0.05, 0) is 12.1 Å². The highest BCUT2D eigenvalue weighted by atomic mass is 35.5. The number of hydrogen-bond donors (Lipinski definition) is 1. The van der Waals surface area contributed by atoms with Crippen LogP contribution in [0.15, 0.2) is 29.3 Å². The van der Waals surface area contributed by atoms with E-state index in [2.05, 4.69) is 15.1 Å². The number of piperazine rings is 1. The number of nitrogens with zero attached hydrogens (tertiary/aromatic N) is 6. The number of benzene rings is 1. The number of nitrogens with two attached hydrogens (primary N) is 1. The number of hydrogen-bond acceptors (Lipinski definition) is 7. The molecule has 0 bridgehead atoms. The number of fused-ring (bicyclic) bond motifs is 1. The smallest absolute Gasteiger partial charge is 0.246 e. The van der Waals surface area contributed by atoms with E-state index in [1.165, 1.54) is 16.4 Å². The van der Waals surface area contributed by atoms with E-state index in [-0.39, 0.29) is 28.0 Å². The van der Waals surface area contributed by atoms with Crippen LogP contribution in [0.25, 0.3) is 11.0 Å². The zero-order valence-corrected chi connectivity index (χ0v) is 17.2. The van der Waals surface area contributed by atoms with Crippen molar-refractivity contribution in [1.82, 2.24) is 24.1 Å². The van der Waals surface area contributed by atoms with E-state index in [1.54, 1.807) is 24.0 Å². The molecule has 2 N–H and O–H groups in total. The Balaban J connectivity index is 1.57. The fourth-order valence-corrected chi connectivity index (χ4v) is 5.67. The number of sulfonamides is 1. The van der Waals surface area contributed by atoms with Crippen molar-refractivity contribution in [3.63, 3.8) is 0 Å². The van der Waals surface area contributed by atoms with Gasteiger partial charge in [-0.2, -0.15) is 19.4 Å². The fourth-order valence-electron chi connectivity index (χ4n) is 3.16. The average Bonchev–Trinajstić information content (AvgIpc) is 3.03. The maximum atomic E-state index is 13.0. The molecule has 3 heterocycles. The summed E-state index contributed by atoms with van der Waals surface area (Å²) in [5, 5.41) is 5.03. The van der Waals surface area contributed by atoms with Crippen molar-refractivity contribution < 1.29 is 8.42 Å². The van der Waals surface area contributed by atoms with Gasteiger partial charge >= 0.3 is 0 Å². The lowest BCUT2D eigenvalue weighted by Gasteiger charge is -2.34. The van der Waals surface area contributed by atoms with Gasteiger partial charge in [-0.25, -0.2) is 8.42 Å². The number of halogens is 2. The second-order valence-electron chi connectivity index (χ2n) is 6.36. The third-order valence-electron chi connectivity index (χ3n) is 4.65. The van der Waals surface area contributed by atoms with Crippen LogP contribution < -0.4 is 10.6 Å². The Morgan fingerprint density at radius 2 is 1.71 bits per heavy atom. The molecule has 0 radical (unpaired) electrons. The molecule has 0 amide bonds. The minimum Gasteiger partial charge on any atom is -0.383 e. The third-order valence-corrected chi connectivity index (χ3v) is 7.50. The van der Waals surface area contributed by atoms with E-state index in [9.17, 15) is 8.42 Å². The molecule has 0 spiro atoms. The summed E-state index contributed by atoms with van der Waals surface area (Å²) >= 11 is 12.2. The molecule has 1 saturated heterocycles. The predicted octanol–water partition coefficient (Wildman–Crippen LogP) is 1.76. The van der Waals surface area contributed by atoms with Crippen molar-refractivity contribution in [3.05, 3.63) is 34.4 Å². The lowest BCUT2D eigenvalue weighted by Crippen LogP contribution is -2.49. The molecule has 12 heteroatoms. The molecule has 3 aromatic rings. The Morgan fingerprint density at radius 3 is 2.36 bits per heavy atom. The minimum atomic E-state index is -3.81. The fraction of sp³-hybridized carbons (Fsp3) is 0.312. The molecule has 0 aliphatic carbocycles. The zero-order valence-electron chi connectivity index (χ0n) is 14.9. The van der Waals surface area contributed by atoms with Crippen molar-refractivity contribution in [2.24, 2.45) is 7.05 Å². The van der Waals surface area contributed by atoms with Crippen LogP contribution in [-0.4, -0.2) is 58.7 Å². The van der Waals surface area contributed by atoms with Crippen LogP contribution in [0.4, 0.5) is 11.8 Å². The molecule has 1 aliphatic rings. The maximum Gasteiger partial charge on any atom is 0.246 e. The first-order valence-electron chi connectivity index (χ1n) is 8.43. The van der Waals surface area contributed by atoms with E-state index in [4.69, 9.17) is 28.9 Å². The van der Waals surface area contributed by atoms with Gasteiger partial charge in [0.1, 0.15) is 10.7 Å². The first kappa shape index (κ1) is 19.2. The Morgan fingerprint density at radius 1 is 1.07 bits per heavy atom. The highest BCUT2D eigenvalue weighted by molar-refractivity contribution is 7.89. The monoisotopic (exact) mass is 441 g/mol. The van der Waals surface area contributed by atoms with Gasteiger partial charge in [-0.15, -0.1) is 0 Å². The molecule has 148 valence electrons. The predicted molar refractivity (Wildman–Crippen MR) is 108 cm³/mol. The number of aryl methyl sites for hydroxylation is 1. The van der Waals surface area contributed by atoms with Crippen LogP contribution in [0.3, 0.4) is 0 Å². The van der Waals surface area contributed by atoms with Crippen LogP contribution in [-0.2, 0) is 17.1 Å². The van der Waals surface area contributed by atoms with Gasteiger partial charge < -0.3 is 10.6 Å². The quantitative estimate of drug-likeness (QED) is 0.658. The molecule has 2 aromatic heterocycles. The molecule has 4 rings (SSSR count). The van der Waals surface area contributed by atoms with E-state index in [0.717, 1.165) is 0 Å². The highest BCUT2D eigenvalue weighted by Crippen LogP contribution is 2.32. The number of rotatable bonds is 3. The van der Waals surface area contributed by atoms with Gasteiger partial charge in [0.2, 0.25) is 16.0 Å². The first-order valence-corrected chi connectivity index (χ1v) is 10.6. The average molecular weight is 442 g/mol. The number of anilines is 2. The van der Waals surface area contributed by atoms with Crippen LogP contribution >= 0.6 is 23.2 Å². The van der Waals surface area contributed by atoms with Crippen LogP contribution in [0.2, 0.25) is 10.0 Å². The summed E-state index contributed by atoms with van der Waals surface area (Å²) in [6.07, 6.45) is 1.62. The Kier molecular flexibility index (Phi) is 4.82. The SMILES string of the molecule is Cn1ncc2c(N)nc(N3CCN(S(=O)(=O)c4c(Cl)cccc4Cl)CC3)nc21. The summed E-state index contributed by atoms with van der Waals surface area (Å²) in [5.74, 6) is 0.785. The summed E-state index contributed by atoms with van der Waals surface area (Å²) in [5.41, 5.74) is 6.64. The Labute approximate surface area is 171 Å². The highest BCUT2D eigenvalue weighted by Gasteiger charge is 2.32. The zero-order chi connectivity index (χ0) is 20.1. The minimum absolute atomic E-state index is 0.0661. The second kappa shape index (κ2) is 7.03. The Bertz CT molecular complexity index is 1140. The van der Waals surface area contributed by atoms with Gasteiger partial charge in [-0.1, -0.05) is 29.3 Å². The molecule has 0 saturated carbocycles. The van der Waals surface area contributed by atoms with Crippen LogP contribution in [0.5, 0.6) is 0 Å². The van der Waals surface area contributed by atoms with Crippen molar-refractivity contribution in [3.8, 4) is 0 Å². The van der Waals surface area contributed by atoms with Crippen molar-refractivity contribution >= 4 is 56.0 Å². The molecular weight excluding hydrogens is 425 g/mol. The molecule has 0 atom stereocenters. The standard InChI is InChI=1S/C16H17Cl2N7O2S/c1-23-15-10(9-20-23)14(19)21-16(22-15)24-5-7-25(8-6-24)28(26,27)13-11(17)3-2-4-12(13)18/h2-4,9H,5-8H2,1H3,(H2,19,21,22). The van der Waals surface area contributed by atoms with E-state index < -0.39 is 10.0 Å². The van der Waals surface area contributed by atoms with Gasteiger partial charge in [0.15, 0.2) is 5.65 Å². The summed E-state index contributed by atoms with van der Waals surface area (Å²) in [6, 6.07) is 4.63. The molecule has 9 nitrogen and oxygen atoms in total. The lowest BCUT2D eigenvalue weighted by molar-refractivity contribution is 0.383. The van der Waals surface area contributed by atoms with Crippen molar-refractivity contribution in [2.45, 2.75) is 4.90 Å². The summed E-state index contributed by atoms with van der Waals surface area (Å²) in [7, 11) is -2.03. The lowest BCUT2D eigenvalue weighted by atomic mass is 10.3. The summed E-state index contributed by atoms with van der Waals surface area (Å²) < 4.78 is 29.0. The van der Waals surface area contributed by atoms with Crippen LogP contribution in [0.1, 0.15) is 0 Å². The van der Waals surface area contributed by atoms with E-state index >= 15 is 0 Å². The largest absolute Gasteiger partial charge is 0.383 e. The molecule has 1 aromatic carbocycles. The van der Waals surface area contributed by atoms with Crippen molar-refractivity contribution in [2.75, 3.05) is 36.8 Å². The van der Waals surface area contributed by atoms with Crippen molar-refractivity contribution in [1.29, 1.82) is 0 Å². The number of aromatic nitrogens is 4. The molecule has 28 heavy (non-hydrogen) atoms. The van der Waals surface area contributed by atoms with E-state index in [1.807, 2.05) is 4.90 Å². The van der Waals surface area contributed by atoms with Gasteiger partial charge in [0.05, 0.1) is 21.6 Å². The van der Waals surface area contributed by atoms with Gasteiger partial charge in [0.25, 0.3) is 0 Å².